The van der Waals surface area contributed by atoms with E-state index in [-0.39, 0.29) is 71.6 Å². The van der Waals surface area contributed by atoms with Gasteiger partial charge in [-0.2, -0.15) is 27.7 Å². The standard InChI is InChI=1S/4C2H5.CN.2Be.K/c5*1-2;;;/h4*1H2,2H3;;;;/q5*-1;2*+2;+1. The van der Waals surface area contributed by atoms with Crippen LogP contribution in [-0.2, 0) is 0 Å². The average Bonchev–Trinajstić information content (AvgIpc) is 2.20. The molecule has 0 fully saturated rings. The van der Waals surface area contributed by atoms with Gasteiger partial charge in [-0.25, -0.2) is 0 Å². The van der Waals surface area contributed by atoms with Crippen LogP contribution in [0.2, 0.25) is 0 Å². The molecule has 66 valence electrons. The second-order valence-electron chi connectivity index (χ2n) is 0. The smallest absolute Gasteiger partial charge is 0.512 e. The summed E-state index contributed by atoms with van der Waals surface area (Å²) in [7, 11) is 0. The van der Waals surface area contributed by atoms with E-state index in [1.165, 1.54) is 0 Å². The SMILES string of the molecule is [Be+2].[Be+2].[C-]#N.[CH2-]C.[CH2-]C.[CH2-]C.[CH2-]C.[K+]. The Balaban J connectivity index is -0.00000000379. The van der Waals surface area contributed by atoms with Crippen LogP contribution in [0.15, 0.2) is 0 Å². The molecule has 0 rings (SSSR count). The number of hydrogen-bond donors (Lipinski definition) is 0. The summed E-state index contributed by atoms with van der Waals surface area (Å²) in [5.74, 6) is 0. The van der Waals surface area contributed by atoms with E-state index in [0.717, 1.165) is 0 Å². The fourth-order valence-corrected chi connectivity index (χ4v) is 0. The van der Waals surface area contributed by atoms with Crippen molar-refractivity contribution in [3.63, 3.8) is 0 Å². The van der Waals surface area contributed by atoms with E-state index < -0.39 is 0 Å². The fraction of sp³-hybridized carbons (Fsp3) is 0.444. The van der Waals surface area contributed by atoms with Crippen molar-refractivity contribution in [2.24, 2.45) is 0 Å². The molecule has 0 aliphatic rings. The van der Waals surface area contributed by atoms with Crippen LogP contribution in [-0.4, -0.2) is 20.2 Å². The fourth-order valence-electron chi connectivity index (χ4n) is 0. The van der Waals surface area contributed by atoms with E-state index >= 15 is 0 Å². The van der Waals surface area contributed by atoms with Crippen LogP contribution < -0.4 is 51.4 Å². The Bertz CT molecular complexity index is 22.3. The van der Waals surface area contributed by atoms with Crippen molar-refractivity contribution < 1.29 is 51.4 Å². The van der Waals surface area contributed by atoms with E-state index in [1.807, 2.05) is 0 Å². The van der Waals surface area contributed by atoms with Gasteiger partial charge in [0.25, 0.3) is 0 Å². The second kappa shape index (κ2) is 976. The minimum atomic E-state index is 0. The first-order chi connectivity index (χ1) is 5.00. The first-order valence-corrected chi connectivity index (χ1v) is 3.05. The van der Waals surface area contributed by atoms with E-state index in [9.17, 15) is 0 Å². The zero-order valence-electron chi connectivity index (χ0n) is 10.2. The first-order valence-electron chi connectivity index (χ1n) is 3.05. The summed E-state index contributed by atoms with van der Waals surface area (Å²) >= 11 is 0. The quantitative estimate of drug-likeness (QED) is 0.388. The van der Waals surface area contributed by atoms with Crippen molar-refractivity contribution in [1.82, 2.24) is 0 Å². The van der Waals surface area contributed by atoms with Gasteiger partial charge in [0.05, 0.1) is 0 Å². The van der Waals surface area contributed by atoms with Gasteiger partial charge in [0, 0.05) is 0 Å². The Morgan fingerprint density at radius 1 is 0.615 bits per heavy atom. The van der Waals surface area contributed by atoms with Crippen LogP contribution in [0.5, 0.6) is 0 Å². The van der Waals surface area contributed by atoms with Gasteiger partial charge in [-0.15, -0.1) is 0 Å². The van der Waals surface area contributed by atoms with Gasteiger partial charge in [0.15, 0.2) is 0 Å². The minimum Gasteiger partial charge on any atom is -0.512 e. The van der Waals surface area contributed by atoms with Crippen LogP contribution in [0.1, 0.15) is 27.7 Å². The molecule has 0 spiro atoms. The predicted octanol–water partition coefficient (Wildman–Crippen LogP) is -0.300. The van der Waals surface area contributed by atoms with Crippen LogP contribution in [0.25, 0.3) is 0 Å². The molecule has 0 aromatic rings. The van der Waals surface area contributed by atoms with Gasteiger partial charge in [0.1, 0.15) is 0 Å². The van der Waals surface area contributed by atoms with Crippen molar-refractivity contribution in [2.75, 3.05) is 0 Å². The largest absolute Gasteiger partial charge is 2.00 e. The summed E-state index contributed by atoms with van der Waals surface area (Å²) in [5.41, 5.74) is 0. The van der Waals surface area contributed by atoms with Gasteiger partial charge in [-0.05, 0) is 0 Å². The van der Waals surface area contributed by atoms with Crippen LogP contribution in [0, 0.1) is 39.5 Å². The molecule has 0 radical (unpaired) electrons. The molecule has 0 aliphatic heterocycles. The van der Waals surface area contributed by atoms with E-state index in [2.05, 4.69) is 27.7 Å². The minimum absolute atomic E-state index is 0. The third-order valence-electron chi connectivity index (χ3n) is 0. The van der Waals surface area contributed by atoms with Crippen LogP contribution in [0.4, 0.5) is 0 Å². The molecule has 0 atom stereocenters. The topological polar surface area (TPSA) is 23.8 Å². The van der Waals surface area contributed by atoms with Crippen molar-refractivity contribution in [2.45, 2.75) is 27.7 Å². The molecule has 0 unspecified atom stereocenters. The number of hydrogen-bond acceptors (Lipinski definition) is 1. The normalized spacial score (nSPS) is 2.00. The maximum atomic E-state index is 6.25. The zero-order valence-corrected chi connectivity index (χ0v) is 13.3. The van der Waals surface area contributed by atoms with E-state index in [1.54, 1.807) is 27.7 Å². The maximum Gasteiger partial charge on any atom is 2.00 e. The summed E-state index contributed by atoms with van der Waals surface area (Å²) in [4.78, 5) is 0. The Kier molecular flexibility index (Phi) is 4710. The molecule has 0 bridgehead atoms. The summed E-state index contributed by atoms with van der Waals surface area (Å²) in [6.45, 7) is 24.8. The molecule has 0 aromatic carbocycles. The molecular formula is C9H20Be2KN. The Morgan fingerprint density at radius 3 is 0.615 bits per heavy atom. The molecule has 4 heteroatoms. The second-order valence-corrected chi connectivity index (χ2v) is 0. The Morgan fingerprint density at radius 2 is 0.615 bits per heavy atom. The Labute approximate surface area is 137 Å². The average molecular weight is 199 g/mol. The Hall–Kier alpha value is 1.46. The summed E-state index contributed by atoms with van der Waals surface area (Å²) in [6, 6.07) is 0. The third kappa shape index (κ3) is 826. The van der Waals surface area contributed by atoms with Gasteiger partial charge < -0.3 is 39.5 Å². The summed E-state index contributed by atoms with van der Waals surface area (Å²) in [6.07, 6.45) is 0. The van der Waals surface area contributed by atoms with E-state index in [0.29, 0.717) is 0 Å². The van der Waals surface area contributed by atoms with E-state index in [4.69, 9.17) is 11.8 Å². The van der Waals surface area contributed by atoms with Gasteiger partial charge >= 0.3 is 71.6 Å². The molecule has 1 nitrogen and oxygen atoms in total. The van der Waals surface area contributed by atoms with Gasteiger partial charge in [-0.1, -0.05) is 0 Å². The van der Waals surface area contributed by atoms with Crippen molar-refractivity contribution >= 4 is 20.2 Å². The van der Waals surface area contributed by atoms with Crippen molar-refractivity contribution in [1.29, 1.82) is 5.26 Å². The summed E-state index contributed by atoms with van der Waals surface area (Å²) < 4.78 is 0. The maximum absolute atomic E-state index is 6.25. The molecule has 13 heavy (non-hydrogen) atoms. The molecule has 0 saturated carbocycles. The number of nitrogens with zero attached hydrogens (tertiary/aromatic N) is 1. The molecule has 0 saturated heterocycles. The number of rotatable bonds is 0. The van der Waals surface area contributed by atoms with Gasteiger partial charge in [0.2, 0.25) is 0 Å². The van der Waals surface area contributed by atoms with Crippen LogP contribution in [0.3, 0.4) is 0 Å². The summed E-state index contributed by atoms with van der Waals surface area (Å²) in [5, 5.41) is 6.25. The molecule has 0 amide bonds. The molecule has 0 aromatic heterocycles. The molecular weight excluding hydrogens is 179 g/mol. The molecule has 0 heterocycles. The van der Waals surface area contributed by atoms with Crippen molar-refractivity contribution in [3.8, 4) is 0 Å². The van der Waals surface area contributed by atoms with Crippen molar-refractivity contribution in [3.05, 3.63) is 34.3 Å². The zero-order chi connectivity index (χ0) is 10.0. The predicted molar refractivity (Wildman–Crippen MR) is 60.6 cm³/mol. The monoisotopic (exact) mass is 199 g/mol. The third-order valence-corrected chi connectivity index (χ3v) is 0. The molecule has 0 N–H and O–H groups in total. The van der Waals surface area contributed by atoms with Gasteiger partial charge in [-0.3, -0.25) is 0 Å². The molecule has 0 aliphatic carbocycles. The first kappa shape index (κ1) is 62.8. The van der Waals surface area contributed by atoms with Crippen LogP contribution >= 0.6 is 0 Å².